The first-order chi connectivity index (χ1) is 9.44. The lowest BCUT2D eigenvalue weighted by atomic mass is 9.99. The lowest BCUT2D eigenvalue weighted by molar-refractivity contribution is -0.133. The molecule has 0 bridgehead atoms. The molecule has 5 heteroatoms. The fraction of sp³-hybridized carbons (Fsp3) is 0.933. The van der Waals surface area contributed by atoms with Gasteiger partial charge in [0.25, 0.3) is 0 Å². The summed E-state index contributed by atoms with van der Waals surface area (Å²) in [6.45, 7) is 9.14. The van der Waals surface area contributed by atoms with Gasteiger partial charge in [0.2, 0.25) is 5.91 Å². The number of hydrogen-bond donors (Lipinski definition) is 1. The smallest absolute Gasteiger partial charge is 0.243 e. The standard InChI is InChI=1S/C15H31N3O2/c1-6-8-13-16-15(3,7-2)14(19)18(13)10-12-20-11-9-17(4)5/h13,16H,6-12H2,1-5H3. The number of carbonyl (C=O) groups excluding carboxylic acids is 1. The number of rotatable bonds is 9. The number of likely N-dealkylation sites (N-methyl/N-ethyl adjacent to an activating group) is 1. The van der Waals surface area contributed by atoms with Crippen molar-refractivity contribution in [1.29, 1.82) is 0 Å². The van der Waals surface area contributed by atoms with Gasteiger partial charge in [0, 0.05) is 13.1 Å². The molecule has 1 aliphatic heterocycles. The van der Waals surface area contributed by atoms with Crippen molar-refractivity contribution in [3.8, 4) is 0 Å². The predicted octanol–water partition coefficient (Wildman–Crippen LogP) is 1.29. The largest absolute Gasteiger partial charge is 0.378 e. The van der Waals surface area contributed by atoms with Gasteiger partial charge >= 0.3 is 0 Å². The lowest BCUT2D eigenvalue weighted by Crippen LogP contribution is -2.43. The minimum absolute atomic E-state index is 0.162. The Morgan fingerprint density at radius 2 is 2.05 bits per heavy atom. The highest BCUT2D eigenvalue weighted by atomic mass is 16.5. The number of amides is 1. The van der Waals surface area contributed by atoms with E-state index in [4.69, 9.17) is 4.74 Å². The Morgan fingerprint density at radius 1 is 1.35 bits per heavy atom. The van der Waals surface area contributed by atoms with E-state index >= 15 is 0 Å². The van der Waals surface area contributed by atoms with Gasteiger partial charge in [-0.05, 0) is 33.9 Å². The van der Waals surface area contributed by atoms with Gasteiger partial charge in [-0.15, -0.1) is 0 Å². The van der Waals surface area contributed by atoms with E-state index in [-0.39, 0.29) is 12.1 Å². The molecule has 0 aliphatic carbocycles. The molecule has 0 radical (unpaired) electrons. The normalized spacial score (nSPS) is 26.8. The second kappa shape index (κ2) is 7.96. The molecule has 0 spiro atoms. The topological polar surface area (TPSA) is 44.8 Å². The van der Waals surface area contributed by atoms with Crippen LogP contribution in [0.4, 0.5) is 0 Å². The number of carbonyl (C=O) groups is 1. The van der Waals surface area contributed by atoms with Crippen molar-refractivity contribution in [2.24, 2.45) is 0 Å². The fourth-order valence-electron chi connectivity index (χ4n) is 2.49. The van der Waals surface area contributed by atoms with E-state index < -0.39 is 5.54 Å². The van der Waals surface area contributed by atoms with Gasteiger partial charge in [-0.2, -0.15) is 0 Å². The molecule has 5 nitrogen and oxygen atoms in total. The quantitative estimate of drug-likeness (QED) is 0.649. The average molecular weight is 285 g/mol. The molecule has 1 amide bonds. The van der Waals surface area contributed by atoms with Crippen LogP contribution in [0.15, 0.2) is 0 Å². The van der Waals surface area contributed by atoms with Gasteiger partial charge in [-0.25, -0.2) is 0 Å². The Kier molecular flexibility index (Phi) is 6.92. The highest BCUT2D eigenvalue weighted by molar-refractivity contribution is 5.88. The minimum atomic E-state index is -0.399. The molecular formula is C15H31N3O2. The highest BCUT2D eigenvalue weighted by Gasteiger charge is 2.45. The molecule has 0 aromatic rings. The van der Waals surface area contributed by atoms with Gasteiger partial charge in [0.05, 0.1) is 24.9 Å². The Hall–Kier alpha value is -0.650. The molecule has 1 fully saturated rings. The van der Waals surface area contributed by atoms with Crippen LogP contribution in [0, 0.1) is 0 Å². The van der Waals surface area contributed by atoms with Crippen molar-refractivity contribution in [3.05, 3.63) is 0 Å². The highest BCUT2D eigenvalue weighted by Crippen LogP contribution is 2.25. The fourth-order valence-corrected chi connectivity index (χ4v) is 2.49. The van der Waals surface area contributed by atoms with Crippen LogP contribution < -0.4 is 5.32 Å². The maximum absolute atomic E-state index is 12.5. The summed E-state index contributed by atoms with van der Waals surface area (Å²) < 4.78 is 5.62. The molecule has 0 saturated carbocycles. The van der Waals surface area contributed by atoms with E-state index in [1.54, 1.807) is 0 Å². The lowest BCUT2D eigenvalue weighted by Gasteiger charge is -2.24. The van der Waals surface area contributed by atoms with Gasteiger partial charge in [-0.1, -0.05) is 20.3 Å². The summed E-state index contributed by atoms with van der Waals surface area (Å²) in [6.07, 6.45) is 3.06. The summed E-state index contributed by atoms with van der Waals surface area (Å²) in [4.78, 5) is 16.6. The average Bonchev–Trinajstić information content (AvgIpc) is 2.63. The van der Waals surface area contributed by atoms with Crippen molar-refractivity contribution in [2.45, 2.75) is 51.7 Å². The molecule has 0 aromatic carbocycles. The van der Waals surface area contributed by atoms with E-state index in [0.717, 1.165) is 25.8 Å². The molecular weight excluding hydrogens is 254 g/mol. The second-order valence-electron chi connectivity index (χ2n) is 6.05. The van der Waals surface area contributed by atoms with Gasteiger partial charge in [-0.3, -0.25) is 10.1 Å². The van der Waals surface area contributed by atoms with E-state index in [9.17, 15) is 4.79 Å². The molecule has 1 aliphatic rings. The predicted molar refractivity (Wildman–Crippen MR) is 81.6 cm³/mol. The maximum Gasteiger partial charge on any atom is 0.243 e. The van der Waals surface area contributed by atoms with E-state index in [0.29, 0.717) is 19.8 Å². The SMILES string of the molecule is CCCC1NC(C)(CC)C(=O)N1CCOCCN(C)C. The van der Waals surface area contributed by atoms with Crippen LogP contribution >= 0.6 is 0 Å². The molecule has 20 heavy (non-hydrogen) atoms. The summed E-state index contributed by atoms with van der Waals surface area (Å²) in [5.41, 5.74) is -0.399. The molecule has 1 rings (SSSR count). The third-order valence-corrected chi connectivity index (χ3v) is 4.02. The van der Waals surface area contributed by atoms with Crippen LogP contribution in [-0.2, 0) is 9.53 Å². The zero-order valence-electron chi connectivity index (χ0n) is 13.7. The van der Waals surface area contributed by atoms with Crippen molar-refractivity contribution < 1.29 is 9.53 Å². The second-order valence-corrected chi connectivity index (χ2v) is 6.05. The van der Waals surface area contributed by atoms with E-state index in [2.05, 4.69) is 24.1 Å². The van der Waals surface area contributed by atoms with Crippen LogP contribution in [0.25, 0.3) is 0 Å². The van der Waals surface area contributed by atoms with Crippen LogP contribution in [0.2, 0.25) is 0 Å². The Labute approximate surface area is 123 Å². The van der Waals surface area contributed by atoms with Gasteiger partial charge in [0.15, 0.2) is 0 Å². The first-order valence-corrected chi connectivity index (χ1v) is 7.75. The number of nitrogens with one attached hydrogen (secondary N) is 1. The molecule has 2 atom stereocenters. The third-order valence-electron chi connectivity index (χ3n) is 4.02. The van der Waals surface area contributed by atoms with Crippen LogP contribution in [0.3, 0.4) is 0 Å². The monoisotopic (exact) mass is 285 g/mol. The first kappa shape index (κ1) is 17.4. The van der Waals surface area contributed by atoms with Gasteiger partial charge < -0.3 is 14.5 Å². The summed E-state index contributed by atoms with van der Waals surface area (Å²) in [5, 5.41) is 3.49. The van der Waals surface area contributed by atoms with E-state index in [1.165, 1.54) is 0 Å². The summed E-state index contributed by atoms with van der Waals surface area (Å²) in [5.74, 6) is 0.217. The molecule has 1 saturated heterocycles. The number of ether oxygens (including phenoxy) is 1. The zero-order valence-corrected chi connectivity index (χ0v) is 13.7. The first-order valence-electron chi connectivity index (χ1n) is 7.75. The number of hydrogen-bond acceptors (Lipinski definition) is 4. The Morgan fingerprint density at radius 3 is 2.60 bits per heavy atom. The zero-order chi connectivity index (χ0) is 15.2. The maximum atomic E-state index is 12.5. The summed E-state index contributed by atoms with van der Waals surface area (Å²) in [7, 11) is 4.06. The number of nitrogens with zero attached hydrogens (tertiary/aromatic N) is 2. The van der Waals surface area contributed by atoms with Crippen molar-refractivity contribution in [3.63, 3.8) is 0 Å². The van der Waals surface area contributed by atoms with Crippen LogP contribution in [-0.4, -0.2) is 67.8 Å². The Balaban J connectivity index is 2.46. The minimum Gasteiger partial charge on any atom is -0.378 e. The molecule has 1 heterocycles. The van der Waals surface area contributed by atoms with Crippen molar-refractivity contribution in [2.75, 3.05) is 40.4 Å². The molecule has 118 valence electrons. The van der Waals surface area contributed by atoms with Crippen molar-refractivity contribution >= 4 is 5.91 Å². The molecule has 2 unspecified atom stereocenters. The molecule has 1 N–H and O–H groups in total. The van der Waals surface area contributed by atoms with E-state index in [1.807, 2.05) is 25.9 Å². The summed E-state index contributed by atoms with van der Waals surface area (Å²) >= 11 is 0. The van der Waals surface area contributed by atoms with Crippen molar-refractivity contribution in [1.82, 2.24) is 15.1 Å². The summed E-state index contributed by atoms with van der Waals surface area (Å²) in [6, 6.07) is 0. The Bertz CT molecular complexity index is 309. The van der Waals surface area contributed by atoms with Crippen LogP contribution in [0.5, 0.6) is 0 Å². The molecule has 0 aromatic heterocycles. The van der Waals surface area contributed by atoms with Gasteiger partial charge in [0.1, 0.15) is 0 Å². The third kappa shape index (κ3) is 4.43. The van der Waals surface area contributed by atoms with Crippen LogP contribution in [0.1, 0.15) is 40.0 Å².